The summed E-state index contributed by atoms with van der Waals surface area (Å²) in [6.07, 6.45) is 0.567. The van der Waals surface area contributed by atoms with Crippen LogP contribution in [0.4, 0.5) is 0 Å². The van der Waals surface area contributed by atoms with Crippen molar-refractivity contribution < 1.29 is 14.3 Å². The second kappa shape index (κ2) is 2.60. The number of hydrogen-bond donors (Lipinski definition) is 0. The first kappa shape index (κ1) is 7.30. The van der Waals surface area contributed by atoms with Crippen molar-refractivity contribution in [2.75, 3.05) is 13.2 Å². The van der Waals surface area contributed by atoms with Gasteiger partial charge in [-0.1, -0.05) is 0 Å². The third-order valence-corrected chi connectivity index (χ3v) is 1.71. The maximum absolute atomic E-state index is 10.8. The largest absolute Gasteiger partial charge is 0.375 e. The Hall–Kier alpha value is -1.36. The first-order valence-electron chi connectivity index (χ1n) is 3.59. The molecule has 0 atom stereocenters. The van der Waals surface area contributed by atoms with Gasteiger partial charge in [0.1, 0.15) is 0 Å². The van der Waals surface area contributed by atoms with Crippen molar-refractivity contribution in [2.45, 2.75) is 6.42 Å². The molecule has 0 aromatic rings. The molecule has 5 nitrogen and oxygen atoms in total. The Morgan fingerprint density at radius 1 is 1.08 bits per heavy atom. The molecule has 1 fully saturated rings. The Balaban J connectivity index is 2.35. The highest BCUT2D eigenvalue weighted by Gasteiger charge is 2.25. The van der Waals surface area contributed by atoms with Crippen molar-refractivity contribution in [3.05, 3.63) is 0 Å². The van der Waals surface area contributed by atoms with Gasteiger partial charge in [-0.3, -0.25) is 9.59 Å². The van der Waals surface area contributed by atoms with Gasteiger partial charge in [0.25, 0.3) is 0 Å². The number of rotatable bonds is 0. The molecular formula is C7H6N2O3. The van der Waals surface area contributed by atoms with Gasteiger partial charge in [0.05, 0.1) is 24.6 Å². The second-order valence-corrected chi connectivity index (χ2v) is 2.53. The zero-order valence-corrected chi connectivity index (χ0v) is 6.24. The van der Waals surface area contributed by atoms with Crippen LogP contribution in [0.25, 0.3) is 0 Å². The molecule has 0 saturated carbocycles. The molecule has 0 aromatic heterocycles. The summed E-state index contributed by atoms with van der Waals surface area (Å²) in [5, 5.41) is 0. The second-order valence-electron chi connectivity index (χ2n) is 2.53. The number of hydrogen-bond acceptors (Lipinski definition) is 3. The van der Waals surface area contributed by atoms with Crippen LogP contribution in [0.5, 0.6) is 0 Å². The number of carbonyl (C=O) groups excluding carboxylic acids is 2. The Bertz CT molecular complexity index is 285. The zero-order chi connectivity index (χ0) is 8.55. The molecule has 12 heavy (non-hydrogen) atoms. The molecule has 0 N–H and O–H groups in total. The van der Waals surface area contributed by atoms with Crippen LogP contribution in [0.15, 0.2) is 9.98 Å². The number of nitrogens with zero attached hydrogens (tertiary/aromatic N) is 2. The van der Waals surface area contributed by atoms with Crippen molar-refractivity contribution in [2.24, 2.45) is 9.98 Å². The van der Waals surface area contributed by atoms with Gasteiger partial charge in [-0.05, 0) is 0 Å². The summed E-state index contributed by atoms with van der Waals surface area (Å²) in [6, 6.07) is 0. The Kier molecular flexibility index (Phi) is 1.58. The average Bonchev–Trinajstić information content (AvgIpc) is 2.07. The molecule has 1 saturated heterocycles. The summed E-state index contributed by atoms with van der Waals surface area (Å²) < 4.78 is 5.05. The number of carbonyl (C=O) groups is 2. The number of fused-ring (bicyclic) bond motifs is 1. The van der Waals surface area contributed by atoms with Crippen molar-refractivity contribution in [3.8, 4) is 0 Å². The molecule has 2 aliphatic rings. The van der Waals surface area contributed by atoms with Crippen LogP contribution in [0.1, 0.15) is 6.42 Å². The van der Waals surface area contributed by atoms with E-state index in [9.17, 15) is 9.59 Å². The van der Waals surface area contributed by atoms with Crippen molar-refractivity contribution in [1.29, 1.82) is 0 Å². The van der Waals surface area contributed by atoms with Crippen LogP contribution in [0, 0.1) is 0 Å². The van der Waals surface area contributed by atoms with E-state index in [4.69, 9.17) is 4.74 Å². The van der Waals surface area contributed by atoms with E-state index in [0.717, 1.165) is 0 Å². The maximum Gasteiger partial charge on any atom is 0.337 e. The van der Waals surface area contributed by atoms with E-state index < -0.39 is 11.8 Å². The van der Waals surface area contributed by atoms with Crippen LogP contribution < -0.4 is 0 Å². The summed E-state index contributed by atoms with van der Waals surface area (Å²) in [6.45, 7) is 0.831. The highest BCUT2D eigenvalue weighted by Crippen LogP contribution is 2.06. The lowest BCUT2D eigenvalue weighted by molar-refractivity contribution is -0.135. The number of aliphatic imine (C=N–C) groups is 2. The van der Waals surface area contributed by atoms with Gasteiger partial charge in [-0.2, -0.15) is 0 Å². The molecular weight excluding hydrogens is 160 g/mol. The summed E-state index contributed by atoms with van der Waals surface area (Å²) in [4.78, 5) is 28.7. The van der Waals surface area contributed by atoms with Crippen LogP contribution in [0.3, 0.4) is 0 Å². The zero-order valence-electron chi connectivity index (χ0n) is 6.24. The topological polar surface area (TPSA) is 68.1 Å². The van der Waals surface area contributed by atoms with E-state index in [1.165, 1.54) is 0 Å². The van der Waals surface area contributed by atoms with Gasteiger partial charge in [0.2, 0.25) is 0 Å². The lowest BCUT2D eigenvalue weighted by Gasteiger charge is -2.17. The first-order chi connectivity index (χ1) is 5.77. The normalized spacial score (nSPS) is 23.0. The van der Waals surface area contributed by atoms with E-state index in [2.05, 4.69) is 9.98 Å². The van der Waals surface area contributed by atoms with Crippen LogP contribution in [-0.2, 0) is 14.3 Å². The molecule has 62 valence electrons. The third kappa shape index (κ3) is 1.08. The molecule has 2 aliphatic heterocycles. The van der Waals surface area contributed by atoms with Crippen molar-refractivity contribution in [1.82, 2.24) is 0 Å². The fourth-order valence-electron chi connectivity index (χ4n) is 1.12. The molecule has 5 heteroatoms. The highest BCUT2D eigenvalue weighted by atomic mass is 16.5. The predicted molar refractivity (Wildman–Crippen MR) is 40.3 cm³/mol. The van der Waals surface area contributed by atoms with Crippen molar-refractivity contribution >= 4 is 23.2 Å². The standard InChI is InChI=1S/C7H6N2O3/c10-6-7(11)9-5-3-12-2-1-4(5)8-6/h1-3H2. The van der Waals surface area contributed by atoms with E-state index in [0.29, 0.717) is 24.5 Å². The minimum absolute atomic E-state index is 0.290. The van der Waals surface area contributed by atoms with Gasteiger partial charge in [0, 0.05) is 6.42 Å². The van der Waals surface area contributed by atoms with E-state index in [1.54, 1.807) is 0 Å². The minimum Gasteiger partial charge on any atom is -0.375 e. The molecule has 0 aliphatic carbocycles. The van der Waals surface area contributed by atoms with Gasteiger partial charge < -0.3 is 4.74 Å². The molecule has 0 bridgehead atoms. The summed E-state index contributed by atoms with van der Waals surface area (Å²) in [7, 11) is 0. The maximum atomic E-state index is 10.8. The van der Waals surface area contributed by atoms with Gasteiger partial charge in [-0.25, -0.2) is 9.98 Å². The Morgan fingerprint density at radius 3 is 2.50 bits per heavy atom. The molecule has 2 rings (SSSR count). The van der Waals surface area contributed by atoms with Gasteiger partial charge in [-0.15, -0.1) is 0 Å². The van der Waals surface area contributed by atoms with Crippen molar-refractivity contribution in [3.63, 3.8) is 0 Å². The highest BCUT2D eigenvalue weighted by molar-refractivity contribution is 6.55. The monoisotopic (exact) mass is 166 g/mol. The van der Waals surface area contributed by atoms with Gasteiger partial charge in [0.15, 0.2) is 0 Å². The minimum atomic E-state index is -0.792. The van der Waals surface area contributed by atoms with E-state index in [-0.39, 0.29) is 6.61 Å². The number of ether oxygens (including phenoxy) is 1. The summed E-state index contributed by atoms with van der Waals surface area (Å²) >= 11 is 0. The average molecular weight is 166 g/mol. The summed E-state index contributed by atoms with van der Waals surface area (Å²) in [5.41, 5.74) is 1.11. The quantitative estimate of drug-likeness (QED) is 0.449. The van der Waals surface area contributed by atoms with E-state index >= 15 is 0 Å². The smallest absolute Gasteiger partial charge is 0.337 e. The Morgan fingerprint density at radius 2 is 1.75 bits per heavy atom. The number of amides is 2. The first-order valence-corrected chi connectivity index (χ1v) is 3.59. The predicted octanol–water partition coefficient (Wildman–Crippen LogP) is -0.645. The lowest BCUT2D eigenvalue weighted by Crippen LogP contribution is -2.34. The third-order valence-electron chi connectivity index (χ3n) is 1.71. The fourth-order valence-corrected chi connectivity index (χ4v) is 1.12. The Labute approximate surface area is 68.1 Å². The molecule has 2 heterocycles. The van der Waals surface area contributed by atoms with Crippen LogP contribution >= 0.6 is 0 Å². The molecule has 0 radical (unpaired) electrons. The van der Waals surface area contributed by atoms with Gasteiger partial charge >= 0.3 is 11.8 Å². The molecule has 0 unspecified atom stereocenters. The summed E-state index contributed by atoms with van der Waals surface area (Å²) in [5.74, 6) is -1.56. The van der Waals surface area contributed by atoms with E-state index in [1.807, 2.05) is 0 Å². The fraction of sp³-hybridized carbons (Fsp3) is 0.429. The van der Waals surface area contributed by atoms with Crippen LogP contribution in [-0.4, -0.2) is 36.5 Å². The molecule has 2 amide bonds. The molecule has 0 spiro atoms. The van der Waals surface area contributed by atoms with Crippen LogP contribution in [0.2, 0.25) is 0 Å². The SMILES string of the molecule is O=C1N=C2CCOCC2=NC1=O. The molecule has 0 aromatic carbocycles. The lowest BCUT2D eigenvalue weighted by atomic mass is 10.1.